The Morgan fingerprint density at radius 2 is 1.92 bits per heavy atom. The molecule has 0 radical (unpaired) electrons. The van der Waals surface area contributed by atoms with Gasteiger partial charge >= 0.3 is 5.51 Å². The Morgan fingerprint density at radius 1 is 1.12 bits per heavy atom. The van der Waals surface area contributed by atoms with E-state index in [0.717, 1.165) is 0 Å². The van der Waals surface area contributed by atoms with Crippen molar-refractivity contribution in [3.8, 4) is 11.3 Å². The van der Waals surface area contributed by atoms with Gasteiger partial charge in [0, 0.05) is 16.1 Å². The number of nitrogens with one attached hydrogen (secondary N) is 1. The van der Waals surface area contributed by atoms with Crippen LogP contribution < -0.4 is 5.32 Å². The first-order chi connectivity index (χ1) is 11.9. The van der Waals surface area contributed by atoms with Gasteiger partial charge in [-0.05, 0) is 36.0 Å². The van der Waals surface area contributed by atoms with Crippen molar-refractivity contribution in [1.29, 1.82) is 0 Å². The Labute approximate surface area is 145 Å². The summed E-state index contributed by atoms with van der Waals surface area (Å²) in [4.78, 5) is 16.1. The van der Waals surface area contributed by atoms with E-state index in [4.69, 9.17) is 4.42 Å². The lowest BCUT2D eigenvalue weighted by molar-refractivity contribution is -0.0328. The summed E-state index contributed by atoms with van der Waals surface area (Å²) in [5, 5.41) is 2.61. The van der Waals surface area contributed by atoms with E-state index in [9.17, 15) is 18.0 Å². The van der Waals surface area contributed by atoms with Crippen LogP contribution in [0.3, 0.4) is 0 Å². The number of nitrogens with zero attached hydrogens (tertiary/aromatic N) is 1. The molecule has 0 fully saturated rings. The maximum Gasteiger partial charge on any atom is 0.446 e. The number of anilines is 1. The summed E-state index contributed by atoms with van der Waals surface area (Å²) in [6.07, 6.45) is 2.81. The molecule has 0 saturated heterocycles. The number of benzene rings is 2. The molecule has 0 spiro atoms. The Morgan fingerprint density at radius 3 is 2.64 bits per heavy atom. The highest BCUT2D eigenvalue weighted by atomic mass is 32.2. The van der Waals surface area contributed by atoms with E-state index in [1.165, 1.54) is 36.9 Å². The van der Waals surface area contributed by atoms with Gasteiger partial charge in [0.2, 0.25) is 0 Å². The fourth-order valence-electron chi connectivity index (χ4n) is 2.17. The number of oxazole rings is 1. The second-order valence-electron chi connectivity index (χ2n) is 4.94. The Hall–Kier alpha value is -2.74. The van der Waals surface area contributed by atoms with Crippen LogP contribution in [0.15, 0.2) is 70.4 Å². The SMILES string of the molecule is O=C(Nc1cccc(-c2cnco2)c1)c1ccccc1SC(F)(F)F. The van der Waals surface area contributed by atoms with Crippen LogP contribution in [0.1, 0.15) is 10.4 Å². The van der Waals surface area contributed by atoms with Gasteiger partial charge in [-0.15, -0.1) is 0 Å². The molecule has 0 aliphatic heterocycles. The highest BCUT2D eigenvalue weighted by Crippen LogP contribution is 2.38. The first-order valence-corrected chi connectivity index (χ1v) is 7.89. The van der Waals surface area contributed by atoms with Gasteiger partial charge in [0.05, 0.1) is 11.8 Å². The quantitative estimate of drug-likeness (QED) is 0.646. The lowest BCUT2D eigenvalue weighted by Gasteiger charge is -2.11. The van der Waals surface area contributed by atoms with Crippen molar-refractivity contribution in [3.05, 3.63) is 66.7 Å². The molecule has 3 rings (SSSR count). The maximum atomic E-state index is 12.6. The summed E-state index contributed by atoms with van der Waals surface area (Å²) in [5.41, 5.74) is -3.39. The van der Waals surface area contributed by atoms with Gasteiger partial charge < -0.3 is 9.73 Å². The van der Waals surface area contributed by atoms with Crippen molar-refractivity contribution in [3.63, 3.8) is 0 Å². The van der Waals surface area contributed by atoms with E-state index < -0.39 is 11.4 Å². The minimum Gasteiger partial charge on any atom is -0.444 e. The molecular formula is C17H11F3N2O2S. The van der Waals surface area contributed by atoms with Crippen molar-refractivity contribution in [2.24, 2.45) is 0 Å². The topological polar surface area (TPSA) is 55.1 Å². The van der Waals surface area contributed by atoms with Crippen LogP contribution in [0.2, 0.25) is 0 Å². The third-order valence-corrected chi connectivity index (χ3v) is 4.00. The molecule has 1 aromatic heterocycles. The Kier molecular flexibility index (Phi) is 4.80. The lowest BCUT2D eigenvalue weighted by atomic mass is 10.1. The molecule has 128 valence electrons. The second kappa shape index (κ2) is 7.02. The predicted octanol–water partition coefficient (Wildman–Crippen LogP) is 5.21. The highest BCUT2D eigenvalue weighted by Gasteiger charge is 2.31. The minimum absolute atomic E-state index is 0.0464. The molecule has 1 amide bonds. The molecule has 0 unspecified atom stereocenters. The number of aromatic nitrogens is 1. The zero-order valence-corrected chi connectivity index (χ0v) is 13.4. The zero-order valence-electron chi connectivity index (χ0n) is 12.6. The van der Waals surface area contributed by atoms with Gasteiger partial charge in [0.15, 0.2) is 12.2 Å². The fourth-order valence-corrected chi connectivity index (χ4v) is 2.84. The third kappa shape index (κ3) is 4.42. The highest BCUT2D eigenvalue weighted by molar-refractivity contribution is 8.00. The van der Waals surface area contributed by atoms with Gasteiger partial charge in [-0.3, -0.25) is 4.79 Å². The monoisotopic (exact) mass is 364 g/mol. The molecule has 8 heteroatoms. The zero-order chi connectivity index (χ0) is 17.9. The molecule has 0 saturated carbocycles. The van der Waals surface area contributed by atoms with Crippen molar-refractivity contribution < 1.29 is 22.4 Å². The number of halogens is 3. The van der Waals surface area contributed by atoms with E-state index in [1.54, 1.807) is 24.3 Å². The molecular weight excluding hydrogens is 353 g/mol. The molecule has 4 nitrogen and oxygen atoms in total. The summed E-state index contributed by atoms with van der Waals surface area (Å²) in [6.45, 7) is 0. The van der Waals surface area contributed by atoms with Gasteiger partial charge in [-0.25, -0.2) is 4.98 Å². The van der Waals surface area contributed by atoms with Crippen LogP contribution in [-0.4, -0.2) is 16.4 Å². The van der Waals surface area contributed by atoms with E-state index in [-0.39, 0.29) is 22.2 Å². The van der Waals surface area contributed by atoms with E-state index in [0.29, 0.717) is 17.0 Å². The summed E-state index contributed by atoms with van der Waals surface area (Å²) in [7, 11) is 0. The fraction of sp³-hybridized carbons (Fsp3) is 0.0588. The molecule has 0 aliphatic rings. The molecule has 0 bridgehead atoms. The van der Waals surface area contributed by atoms with E-state index >= 15 is 0 Å². The molecule has 0 aliphatic carbocycles. The summed E-state index contributed by atoms with van der Waals surface area (Å²) < 4.78 is 43.1. The first kappa shape index (κ1) is 17.1. The van der Waals surface area contributed by atoms with Crippen molar-refractivity contribution in [2.45, 2.75) is 10.4 Å². The van der Waals surface area contributed by atoms with Crippen LogP contribution in [0, 0.1) is 0 Å². The van der Waals surface area contributed by atoms with Gasteiger partial charge in [0.1, 0.15) is 0 Å². The maximum absolute atomic E-state index is 12.6. The summed E-state index contributed by atoms with van der Waals surface area (Å²) >= 11 is -0.317. The van der Waals surface area contributed by atoms with Crippen LogP contribution in [0.4, 0.5) is 18.9 Å². The summed E-state index contributed by atoms with van der Waals surface area (Å²) in [5.74, 6) is -0.105. The normalized spacial score (nSPS) is 11.3. The standard InChI is InChI=1S/C17H11F3N2O2S/c18-17(19,20)25-15-7-2-1-6-13(15)16(23)22-12-5-3-4-11(8-12)14-9-21-10-24-14/h1-10H,(H,22,23). The number of thioether (sulfide) groups is 1. The minimum atomic E-state index is -4.47. The van der Waals surface area contributed by atoms with Crippen molar-refractivity contribution >= 4 is 23.4 Å². The lowest BCUT2D eigenvalue weighted by Crippen LogP contribution is -2.14. The van der Waals surface area contributed by atoms with Crippen LogP contribution in [0.25, 0.3) is 11.3 Å². The Balaban J connectivity index is 1.83. The van der Waals surface area contributed by atoms with Crippen molar-refractivity contribution in [2.75, 3.05) is 5.32 Å². The molecule has 0 atom stereocenters. The average Bonchev–Trinajstić information content (AvgIpc) is 3.08. The number of hydrogen-bond acceptors (Lipinski definition) is 4. The van der Waals surface area contributed by atoms with Gasteiger partial charge in [-0.1, -0.05) is 24.3 Å². The van der Waals surface area contributed by atoms with Gasteiger partial charge in [-0.2, -0.15) is 13.2 Å². The van der Waals surface area contributed by atoms with Crippen molar-refractivity contribution in [1.82, 2.24) is 4.98 Å². The van der Waals surface area contributed by atoms with Crippen LogP contribution in [0.5, 0.6) is 0 Å². The Bertz CT molecular complexity index is 880. The number of alkyl halides is 3. The molecule has 2 aromatic carbocycles. The van der Waals surface area contributed by atoms with E-state index in [1.807, 2.05) is 0 Å². The number of rotatable bonds is 4. The molecule has 25 heavy (non-hydrogen) atoms. The summed E-state index contributed by atoms with van der Waals surface area (Å²) in [6, 6.07) is 12.3. The number of hydrogen-bond donors (Lipinski definition) is 1. The second-order valence-corrected chi connectivity index (χ2v) is 6.05. The predicted molar refractivity (Wildman–Crippen MR) is 88.2 cm³/mol. The number of carbonyl (C=O) groups excluding carboxylic acids is 1. The molecule has 1 N–H and O–H groups in total. The smallest absolute Gasteiger partial charge is 0.444 e. The van der Waals surface area contributed by atoms with Crippen LogP contribution in [-0.2, 0) is 0 Å². The first-order valence-electron chi connectivity index (χ1n) is 7.07. The van der Waals surface area contributed by atoms with E-state index in [2.05, 4.69) is 10.3 Å². The average molecular weight is 364 g/mol. The van der Waals surface area contributed by atoms with Crippen LogP contribution >= 0.6 is 11.8 Å². The number of carbonyl (C=O) groups is 1. The molecule has 1 heterocycles. The largest absolute Gasteiger partial charge is 0.446 e. The van der Waals surface area contributed by atoms with Gasteiger partial charge in [0.25, 0.3) is 5.91 Å². The molecule has 3 aromatic rings. The third-order valence-electron chi connectivity index (χ3n) is 3.19. The number of amides is 1.